The number of nitriles is 1. The SMILES string of the molecule is Cc1cc2ncc(CN3CCN(c4ccc(C#N)cn4)[C@H]4C[C@H]43)cc2[nH]c1=O. The molecule has 1 N–H and O–H groups in total. The molecule has 1 aliphatic carbocycles. The number of hydrogen-bond acceptors (Lipinski definition) is 6. The fourth-order valence-electron chi connectivity index (χ4n) is 4.11. The second-order valence-corrected chi connectivity index (χ2v) is 7.61. The van der Waals surface area contributed by atoms with Crippen LogP contribution in [-0.2, 0) is 6.54 Å². The number of aromatic amines is 1. The van der Waals surface area contributed by atoms with E-state index in [0.29, 0.717) is 23.2 Å². The molecule has 7 nitrogen and oxygen atoms in total. The molecule has 1 saturated carbocycles. The van der Waals surface area contributed by atoms with Crippen molar-refractivity contribution in [2.45, 2.75) is 32.0 Å². The molecule has 2 atom stereocenters. The summed E-state index contributed by atoms with van der Waals surface area (Å²) in [6.07, 6.45) is 4.67. The van der Waals surface area contributed by atoms with Gasteiger partial charge in [0.2, 0.25) is 0 Å². The Morgan fingerprint density at radius 3 is 2.89 bits per heavy atom. The van der Waals surface area contributed by atoms with Crippen molar-refractivity contribution >= 4 is 16.9 Å². The Kier molecular flexibility index (Phi) is 3.88. The van der Waals surface area contributed by atoms with Crippen LogP contribution in [0, 0.1) is 18.3 Å². The quantitative estimate of drug-likeness (QED) is 0.756. The summed E-state index contributed by atoms with van der Waals surface area (Å²) in [7, 11) is 0. The first-order chi connectivity index (χ1) is 13.6. The van der Waals surface area contributed by atoms with Crippen LogP contribution in [0.3, 0.4) is 0 Å². The van der Waals surface area contributed by atoms with Crippen molar-refractivity contribution < 1.29 is 0 Å². The number of hydrogen-bond donors (Lipinski definition) is 1. The van der Waals surface area contributed by atoms with Crippen LogP contribution in [0.2, 0.25) is 0 Å². The number of aromatic nitrogens is 3. The zero-order valence-corrected chi connectivity index (χ0v) is 15.6. The van der Waals surface area contributed by atoms with Crippen molar-refractivity contribution in [1.29, 1.82) is 5.26 Å². The van der Waals surface area contributed by atoms with Crippen molar-refractivity contribution in [3.63, 3.8) is 0 Å². The molecule has 0 radical (unpaired) electrons. The number of aryl methyl sites for hydroxylation is 1. The Labute approximate surface area is 162 Å². The van der Waals surface area contributed by atoms with Gasteiger partial charge in [0.05, 0.1) is 16.6 Å². The summed E-state index contributed by atoms with van der Waals surface area (Å²) in [6.45, 7) is 4.49. The molecule has 4 heterocycles. The summed E-state index contributed by atoms with van der Waals surface area (Å²) in [5, 5.41) is 8.93. The largest absolute Gasteiger partial charge is 0.351 e. The Balaban J connectivity index is 1.31. The molecule has 0 amide bonds. The predicted molar refractivity (Wildman–Crippen MR) is 106 cm³/mol. The van der Waals surface area contributed by atoms with E-state index in [1.807, 2.05) is 30.5 Å². The number of fused-ring (bicyclic) bond motifs is 2. The van der Waals surface area contributed by atoms with Crippen LogP contribution in [0.1, 0.15) is 23.1 Å². The molecule has 0 spiro atoms. The van der Waals surface area contributed by atoms with Gasteiger partial charge in [0.25, 0.3) is 5.56 Å². The van der Waals surface area contributed by atoms with Crippen molar-refractivity contribution in [3.05, 3.63) is 63.7 Å². The first-order valence-corrected chi connectivity index (χ1v) is 9.48. The number of anilines is 1. The van der Waals surface area contributed by atoms with E-state index < -0.39 is 0 Å². The zero-order chi connectivity index (χ0) is 19.3. The molecule has 2 aliphatic rings. The average Bonchev–Trinajstić information content (AvgIpc) is 3.51. The maximum Gasteiger partial charge on any atom is 0.251 e. The molecule has 1 saturated heterocycles. The number of nitrogens with zero attached hydrogens (tertiary/aromatic N) is 5. The number of pyridine rings is 3. The molecule has 28 heavy (non-hydrogen) atoms. The van der Waals surface area contributed by atoms with Gasteiger partial charge >= 0.3 is 0 Å². The summed E-state index contributed by atoms with van der Waals surface area (Å²) in [6, 6.07) is 10.7. The number of nitrogens with one attached hydrogen (secondary N) is 1. The minimum Gasteiger partial charge on any atom is -0.351 e. The minimum absolute atomic E-state index is 0.0581. The van der Waals surface area contributed by atoms with Gasteiger partial charge in [0, 0.05) is 49.7 Å². The van der Waals surface area contributed by atoms with E-state index >= 15 is 0 Å². The molecular weight excluding hydrogens is 352 g/mol. The smallest absolute Gasteiger partial charge is 0.251 e. The highest BCUT2D eigenvalue weighted by Gasteiger charge is 2.49. The lowest BCUT2D eigenvalue weighted by molar-refractivity contribution is 0.233. The normalized spacial score (nSPS) is 21.4. The third-order valence-electron chi connectivity index (χ3n) is 5.71. The summed E-state index contributed by atoms with van der Waals surface area (Å²) < 4.78 is 0. The average molecular weight is 372 g/mol. The van der Waals surface area contributed by atoms with Crippen LogP contribution in [0.4, 0.5) is 5.82 Å². The third-order valence-corrected chi connectivity index (χ3v) is 5.71. The molecule has 0 bridgehead atoms. The Bertz CT molecular complexity index is 1150. The molecule has 3 aromatic heterocycles. The highest BCUT2D eigenvalue weighted by Crippen LogP contribution is 2.39. The third kappa shape index (κ3) is 2.92. The summed E-state index contributed by atoms with van der Waals surface area (Å²) >= 11 is 0. The van der Waals surface area contributed by atoms with Crippen LogP contribution in [0.25, 0.3) is 11.0 Å². The van der Waals surface area contributed by atoms with E-state index in [9.17, 15) is 4.79 Å². The lowest BCUT2D eigenvalue weighted by Crippen LogP contribution is -2.46. The van der Waals surface area contributed by atoms with Gasteiger partial charge in [0.1, 0.15) is 11.9 Å². The van der Waals surface area contributed by atoms with Crippen LogP contribution in [0.5, 0.6) is 0 Å². The Morgan fingerprint density at radius 1 is 1.21 bits per heavy atom. The molecule has 0 unspecified atom stereocenters. The first-order valence-electron chi connectivity index (χ1n) is 9.48. The molecule has 1 aliphatic heterocycles. The number of H-pyrrole nitrogens is 1. The van der Waals surface area contributed by atoms with Crippen molar-refractivity contribution in [2.24, 2.45) is 0 Å². The van der Waals surface area contributed by atoms with Crippen LogP contribution < -0.4 is 10.5 Å². The standard InChI is InChI=1S/C21H20N6O/c1-13-6-16-17(25-21(13)28)7-15(11-23-16)12-26-4-5-27(19-8-18(19)26)20-3-2-14(9-22)10-24-20/h2-3,6-7,10-11,18-19H,4-5,8,12H2,1H3,(H,25,28)/t18-,19+/m1/s1. The van der Waals surface area contributed by atoms with Gasteiger partial charge in [-0.1, -0.05) is 0 Å². The van der Waals surface area contributed by atoms with Gasteiger partial charge in [-0.15, -0.1) is 0 Å². The monoisotopic (exact) mass is 372 g/mol. The highest BCUT2D eigenvalue weighted by molar-refractivity contribution is 5.74. The first kappa shape index (κ1) is 16.9. The second-order valence-electron chi connectivity index (χ2n) is 7.61. The van der Waals surface area contributed by atoms with Crippen molar-refractivity contribution in [3.8, 4) is 6.07 Å². The lowest BCUT2D eigenvalue weighted by atomic mass is 10.2. The molecule has 2 fully saturated rings. The zero-order valence-electron chi connectivity index (χ0n) is 15.6. The lowest BCUT2D eigenvalue weighted by Gasteiger charge is -2.34. The number of rotatable bonds is 3. The molecule has 0 aromatic carbocycles. The molecular formula is C21H20N6O. The van der Waals surface area contributed by atoms with Gasteiger partial charge in [-0.2, -0.15) is 5.26 Å². The Morgan fingerprint density at radius 2 is 2.11 bits per heavy atom. The van der Waals surface area contributed by atoms with Gasteiger partial charge in [-0.3, -0.25) is 14.7 Å². The van der Waals surface area contributed by atoms with Crippen molar-refractivity contribution in [2.75, 3.05) is 18.0 Å². The van der Waals surface area contributed by atoms with E-state index in [-0.39, 0.29) is 5.56 Å². The van der Waals surface area contributed by atoms with Gasteiger partial charge in [-0.05, 0) is 43.2 Å². The number of piperazine rings is 1. The summed E-state index contributed by atoms with van der Waals surface area (Å²) in [5.74, 6) is 0.950. The minimum atomic E-state index is -0.0581. The fourth-order valence-corrected chi connectivity index (χ4v) is 4.11. The van der Waals surface area contributed by atoms with Crippen LogP contribution in [-0.4, -0.2) is 45.0 Å². The summed E-state index contributed by atoms with van der Waals surface area (Å²) in [5.41, 5.74) is 3.94. The molecule has 5 rings (SSSR count). The highest BCUT2D eigenvalue weighted by atomic mass is 16.1. The van der Waals surface area contributed by atoms with Crippen LogP contribution in [0.15, 0.2) is 41.5 Å². The fraction of sp³-hybridized carbons (Fsp3) is 0.333. The van der Waals surface area contributed by atoms with E-state index in [1.54, 1.807) is 13.1 Å². The van der Waals surface area contributed by atoms with E-state index in [1.165, 1.54) is 0 Å². The maximum atomic E-state index is 11.9. The van der Waals surface area contributed by atoms with Gasteiger partial charge in [0.15, 0.2) is 0 Å². The molecule has 140 valence electrons. The topological polar surface area (TPSA) is 88.9 Å². The summed E-state index contributed by atoms with van der Waals surface area (Å²) in [4.78, 5) is 28.6. The maximum absolute atomic E-state index is 11.9. The van der Waals surface area contributed by atoms with E-state index in [4.69, 9.17) is 5.26 Å². The van der Waals surface area contributed by atoms with Gasteiger partial charge in [-0.25, -0.2) is 4.98 Å². The van der Waals surface area contributed by atoms with E-state index in [0.717, 1.165) is 48.5 Å². The van der Waals surface area contributed by atoms with Gasteiger partial charge < -0.3 is 9.88 Å². The van der Waals surface area contributed by atoms with Crippen molar-refractivity contribution in [1.82, 2.24) is 19.9 Å². The molecule has 7 heteroatoms. The van der Waals surface area contributed by atoms with E-state index in [2.05, 4.69) is 30.8 Å². The second kappa shape index (κ2) is 6.43. The van der Waals surface area contributed by atoms with Crippen LogP contribution >= 0.6 is 0 Å². The molecule has 3 aromatic rings. The Hall–Kier alpha value is -3.24. The predicted octanol–water partition coefficient (Wildman–Crippen LogP) is 1.96.